The average Bonchev–Trinajstić information content (AvgIpc) is 3.14. The first-order valence-electron chi connectivity index (χ1n) is 16.8. The van der Waals surface area contributed by atoms with Crippen molar-refractivity contribution in [2.45, 2.75) is 75.1 Å². The van der Waals surface area contributed by atoms with E-state index in [1.54, 1.807) is 6.07 Å². The molecule has 0 saturated heterocycles. The number of carbonyl (C=O) groups excluding carboxylic acids is 1. The van der Waals surface area contributed by atoms with Crippen LogP contribution in [0.25, 0.3) is 0 Å². The molecule has 1 amide bonds. The van der Waals surface area contributed by atoms with Gasteiger partial charge in [-0.25, -0.2) is 12.6 Å². The van der Waals surface area contributed by atoms with E-state index in [1.807, 2.05) is 25.1 Å². The molecular weight excluding hydrogens is 656 g/mol. The molecule has 1 spiro atoms. The Hall–Kier alpha value is -2.53. The Bertz CT molecular complexity index is 1740. The number of nitrogens with one attached hydrogen (secondary N) is 1. The van der Waals surface area contributed by atoms with Crippen LogP contribution in [0, 0.1) is 11.8 Å². The molecule has 47 heavy (non-hydrogen) atoms. The number of ether oxygens (including phenoxy) is 2. The molecule has 4 aliphatic rings. The van der Waals surface area contributed by atoms with Crippen LogP contribution in [0.2, 0.25) is 5.02 Å². The van der Waals surface area contributed by atoms with E-state index in [1.165, 1.54) is 17.4 Å². The topological polar surface area (TPSA) is 102 Å². The molecule has 6 atom stereocenters. The first kappa shape index (κ1) is 34.3. The smallest absolute Gasteiger partial charge is 0.262 e. The Morgan fingerprint density at radius 1 is 1.19 bits per heavy atom. The lowest BCUT2D eigenvalue weighted by Gasteiger charge is -2.46. The van der Waals surface area contributed by atoms with Crippen LogP contribution in [0.4, 0.5) is 5.69 Å². The van der Waals surface area contributed by atoms with Crippen molar-refractivity contribution >= 4 is 48.6 Å². The van der Waals surface area contributed by atoms with Crippen LogP contribution in [-0.4, -0.2) is 74.1 Å². The molecule has 0 aromatic heterocycles. The number of aryl methyl sites for hydroxylation is 1. The third-order valence-electron chi connectivity index (χ3n) is 10.7. The Morgan fingerprint density at radius 3 is 2.77 bits per heavy atom. The third-order valence-corrected chi connectivity index (χ3v) is 14.0. The Balaban J connectivity index is 1.40. The minimum Gasteiger partial charge on any atom is -0.490 e. The summed E-state index contributed by atoms with van der Waals surface area (Å²) >= 11 is 6.44. The summed E-state index contributed by atoms with van der Waals surface area (Å²) in [6.45, 7) is 4.06. The van der Waals surface area contributed by atoms with Crippen molar-refractivity contribution in [3.8, 4) is 5.75 Å². The van der Waals surface area contributed by atoms with Gasteiger partial charge in [-0.15, -0.1) is 0 Å². The van der Waals surface area contributed by atoms with Crippen LogP contribution >= 0.6 is 11.6 Å². The van der Waals surface area contributed by atoms with Crippen molar-refractivity contribution in [2.24, 2.45) is 11.8 Å². The molecule has 256 valence electrons. The summed E-state index contributed by atoms with van der Waals surface area (Å²) in [6.07, 6.45) is 12.0. The molecule has 11 heteroatoms. The van der Waals surface area contributed by atoms with Crippen molar-refractivity contribution in [3.05, 3.63) is 70.3 Å². The fourth-order valence-corrected chi connectivity index (χ4v) is 10.2. The molecule has 2 aliphatic carbocycles. The minimum absolute atomic E-state index is 0.0263. The third kappa shape index (κ3) is 7.56. The van der Waals surface area contributed by atoms with Gasteiger partial charge in [-0.3, -0.25) is 9.52 Å². The van der Waals surface area contributed by atoms with E-state index in [4.69, 9.17) is 21.1 Å². The van der Waals surface area contributed by atoms with Crippen LogP contribution in [0.15, 0.2) is 48.6 Å². The SMILES string of the molecule is C=S1(=O)NC(=O)c2ccc3c(c2)N(C[C@@H]2CC[C@H]2[C@@H](OCCS(C)(=O)=O)/C=C/CC[C@H]1CC)C[C@@]1(CCCc2cc(Cl)ccc21)CO3. The second-order valence-electron chi connectivity index (χ2n) is 13.9. The summed E-state index contributed by atoms with van der Waals surface area (Å²) in [5.41, 5.74) is 3.54. The average molecular weight is 703 g/mol. The number of benzene rings is 2. The Kier molecular flexibility index (Phi) is 10.1. The van der Waals surface area contributed by atoms with Gasteiger partial charge in [-0.2, -0.15) is 0 Å². The number of hydrogen-bond acceptors (Lipinski definition) is 7. The highest BCUT2D eigenvalue weighted by molar-refractivity contribution is 7.99. The maximum absolute atomic E-state index is 13.8. The number of nitrogens with zero attached hydrogens (tertiary/aromatic N) is 1. The summed E-state index contributed by atoms with van der Waals surface area (Å²) in [4.78, 5) is 16.0. The van der Waals surface area contributed by atoms with E-state index >= 15 is 0 Å². The quantitative estimate of drug-likeness (QED) is 0.313. The first-order valence-corrected chi connectivity index (χ1v) is 21.1. The number of halogens is 1. The normalized spacial score (nSPS) is 31.8. The molecule has 2 aromatic carbocycles. The van der Waals surface area contributed by atoms with Gasteiger partial charge in [0.2, 0.25) is 0 Å². The van der Waals surface area contributed by atoms with Gasteiger partial charge in [0, 0.05) is 40.6 Å². The molecule has 1 fully saturated rings. The maximum Gasteiger partial charge on any atom is 0.262 e. The van der Waals surface area contributed by atoms with Crippen molar-refractivity contribution in [3.63, 3.8) is 0 Å². The molecule has 8 nitrogen and oxygen atoms in total. The molecule has 2 aromatic rings. The lowest BCUT2D eigenvalue weighted by Crippen LogP contribution is -2.49. The number of hydrogen-bond donors (Lipinski definition) is 1. The van der Waals surface area contributed by atoms with Gasteiger partial charge in [0.1, 0.15) is 15.6 Å². The van der Waals surface area contributed by atoms with Crippen LogP contribution in [0.1, 0.15) is 73.4 Å². The van der Waals surface area contributed by atoms with Gasteiger partial charge in [0.25, 0.3) is 5.91 Å². The molecular formula is C36H47ClN2O6S2. The lowest BCUT2D eigenvalue weighted by atomic mass is 9.68. The highest BCUT2D eigenvalue weighted by Gasteiger charge is 2.44. The van der Waals surface area contributed by atoms with Crippen molar-refractivity contribution in [1.29, 1.82) is 0 Å². The number of anilines is 1. The number of allylic oxidation sites excluding steroid dienone is 1. The van der Waals surface area contributed by atoms with Crippen LogP contribution in [0.5, 0.6) is 5.75 Å². The molecule has 6 rings (SSSR count). The van der Waals surface area contributed by atoms with E-state index in [2.05, 4.69) is 39.8 Å². The Morgan fingerprint density at radius 2 is 2.02 bits per heavy atom. The largest absolute Gasteiger partial charge is 0.490 e. The van der Waals surface area contributed by atoms with Gasteiger partial charge < -0.3 is 14.4 Å². The number of amides is 1. The van der Waals surface area contributed by atoms with Gasteiger partial charge >= 0.3 is 0 Å². The maximum atomic E-state index is 13.8. The minimum atomic E-state index is -3.16. The fraction of sp³-hybridized carbons (Fsp3) is 0.556. The molecule has 0 radical (unpaired) electrons. The summed E-state index contributed by atoms with van der Waals surface area (Å²) in [5, 5.41) is 0.435. The Labute approximate surface area is 285 Å². The summed E-state index contributed by atoms with van der Waals surface area (Å²) in [5.74, 6) is 4.80. The van der Waals surface area contributed by atoms with Crippen LogP contribution in [0.3, 0.4) is 0 Å². The highest BCUT2D eigenvalue weighted by atomic mass is 35.5. The zero-order valence-corrected chi connectivity index (χ0v) is 29.8. The lowest BCUT2D eigenvalue weighted by molar-refractivity contribution is -0.00784. The van der Waals surface area contributed by atoms with Crippen LogP contribution in [-0.2, 0) is 36.1 Å². The second-order valence-corrected chi connectivity index (χ2v) is 19.0. The zero-order chi connectivity index (χ0) is 33.4. The molecule has 2 aliphatic heterocycles. The van der Waals surface area contributed by atoms with Gasteiger partial charge in [0.05, 0.1) is 40.5 Å². The number of sulfone groups is 1. The summed E-state index contributed by atoms with van der Waals surface area (Å²) in [6, 6.07) is 11.7. The molecule has 2 heterocycles. The van der Waals surface area contributed by atoms with Crippen molar-refractivity contribution < 1.29 is 26.9 Å². The van der Waals surface area contributed by atoms with E-state index in [9.17, 15) is 17.4 Å². The summed E-state index contributed by atoms with van der Waals surface area (Å²) in [7, 11) is -6.10. The molecule has 2 bridgehead atoms. The van der Waals surface area contributed by atoms with E-state index in [0.29, 0.717) is 43.9 Å². The van der Waals surface area contributed by atoms with E-state index in [-0.39, 0.29) is 35.0 Å². The number of carbonyl (C=O) groups is 1. The molecule has 1 saturated carbocycles. The second kappa shape index (κ2) is 13.8. The van der Waals surface area contributed by atoms with Gasteiger partial charge in [0.15, 0.2) is 0 Å². The number of rotatable bonds is 5. The van der Waals surface area contributed by atoms with Crippen molar-refractivity contribution in [1.82, 2.24) is 4.72 Å². The zero-order valence-electron chi connectivity index (χ0n) is 27.4. The van der Waals surface area contributed by atoms with Crippen molar-refractivity contribution in [2.75, 3.05) is 43.2 Å². The predicted octanol–water partition coefficient (Wildman–Crippen LogP) is 5.76. The first-order chi connectivity index (χ1) is 22.4. The fourth-order valence-electron chi connectivity index (χ4n) is 7.93. The van der Waals surface area contributed by atoms with E-state index < -0.39 is 25.5 Å². The summed E-state index contributed by atoms with van der Waals surface area (Å²) < 4.78 is 53.4. The molecule has 1 N–H and O–H groups in total. The van der Waals surface area contributed by atoms with E-state index in [0.717, 1.165) is 55.1 Å². The predicted molar refractivity (Wildman–Crippen MR) is 191 cm³/mol. The van der Waals surface area contributed by atoms with Gasteiger partial charge in [-0.1, -0.05) is 36.7 Å². The standard InChI is InChI=1S/C36H47ClN2O6S2/c1-4-29-9-5-6-10-33(44-18-19-46(2,41)42)30-14-11-27(30)22-39-23-36(17-7-8-25-20-28(37)13-15-31(25)36)24-45-34-16-12-26(21-32(34)39)35(40)38-47(29,3)43/h6,10,12-13,15-16,20-21,27,29-30,33H,3-5,7-9,11,14,17-19,22-24H2,1-2H3,(H,38,40,43)/b10-6+/t27-,29+,30+,33-,36-,47?/m0/s1. The monoisotopic (exact) mass is 702 g/mol. The van der Waals surface area contributed by atoms with Crippen LogP contribution < -0.4 is 14.4 Å². The highest BCUT2D eigenvalue weighted by Crippen LogP contribution is 2.47. The van der Waals surface area contributed by atoms with Gasteiger partial charge in [-0.05, 0) is 111 Å². The number of fused-ring (bicyclic) bond motifs is 4. The molecule has 1 unspecified atom stereocenters.